The van der Waals surface area contributed by atoms with Crippen LogP contribution < -0.4 is 4.74 Å². The Morgan fingerprint density at radius 2 is 2.15 bits per heavy atom. The summed E-state index contributed by atoms with van der Waals surface area (Å²) in [5.74, 6) is 1.53. The Labute approximate surface area is 125 Å². The molecule has 4 nitrogen and oxygen atoms in total. The molecule has 0 atom stereocenters. The predicted molar refractivity (Wildman–Crippen MR) is 82.9 cm³/mol. The van der Waals surface area contributed by atoms with Crippen LogP contribution in [0, 0.1) is 6.92 Å². The molecule has 20 heavy (non-hydrogen) atoms. The fraction of sp³-hybridized carbons (Fsp3) is 0.200. The Morgan fingerprint density at radius 1 is 1.30 bits per heavy atom. The van der Waals surface area contributed by atoms with Crippen LogP contribution in [0.3, 0.4) is 0 Å². The molecule has 0 unspecified atom stereocenters. The van der Waals surface area contributed by atoms with Crippen molar-refractivity contribution in [2.75, 3.05) is 6.61 Å². The third-order valence-electron chi connectivity index (χ3n) is 3.07. The number of aromatic amines is 1. The summed E-state index contributed by atoms with van der Waals surface area (Å²) >= 11 is 3.50. The van der Waals surface area contributed by atoms with Crippen molar-refractivity contribution < 1.29 is 4.74 Å². The van der Waals surface area contributed by atoms with Gasteiger partial charge in [0.2, 0.25) is 0 Å². The summed E-state index contributed by atoms with van der Waals surface area (Å²) in [6.07, 6.45) is 1.88. The van der Waals surface area contributed by atoms with Gasteiger partial charge in [0.1, 0.15) is 11.4 Å². The molecule has 3 aromatic rings. The van der Waals surface area contributed by atoms with E-state index in [1.54, 1.807) is 0 Å². The number of hydrogen-bond acceptors (Lipinski definition) is 3. The van der Waals surface area contributed by atoms with E-state index in [-0.39, 0.29) is 0 Å². The number of nitrogens with zero attached hydrogens (tertiary/aromatic N) is 2. The molecule has 102 valence electrons. The highest BCUT2D eigenvalue weighted by Crippen LogP contribution is 2.28. The largest absolute Gasteiger partial charge is 0.494 e. The lowest BCUT2D eigenvalue weighted by Gasteiger charge is -2.06. The Hall–Kier alpha value is -1.88. The number of aromatic nitrogens is 3. The van der Waals surface area contributed by atoms with Crippen LogP contribution in [0.25, 0.3) is 22.4 Å². The molecule has 1 N–H and O–H groups in total. The number of ether oxygens (including phenoxy) is 1. The summed E-state index contributed by atoms with van der Waals surface area (Å²) in [4.78, 5) is 12.3. The molecule has 0 spiro atoms. The van der Waals surface area contributed by atoms with Gasteiger partial charge in [-0.25, -0.2) is 9.97 Å². The summed E-state index contributed by atoms with van der Waals surface area (Å²) in [5, 5.41) is 1.02. The first-order valence-corrected chi connectivity index (χ1v) is 7.23. The number of H-pyrrole nitrogens is 1. The molecule has 0 aliphatic carbocycles. The van der Waals surface area contributed by atoms with Gasteiger partial charge in [0.05, 0.1) is 17.7 Å². The van der Waals surface area contributed by atoms with Crippen LogP contribution >= 0.6 is 15.9 Å². The van der Waals surface area contributed by atoms with Crippen molar-refractivity contribution in [2.24, 2.45) is 0 Å². The van der Waals surface area contributed by atoms with Crippen LogP contribution in [0.5, 0.6) is 5.75 Å². The van der Waals surface area contributed by atoms with Gasteiger partial charge in [-0.1, -0.05) is 12.1 Å². The molecule has 0 amide bonds. The van der Waals surface area contributed by atoms with E-state index >= 15 is 0 Å². The Morgan fingerprint density at radius 3 is 2.95 bits per heavy atom. The Bertz CT molecular complexity index is 767. The van der Waals surface area contributed by atoms with E-state index in [4.69, 9.17) is 4.74 Å². The monoisotopic (exact) mass is 331 g/mol. The van der Waals surface area contributed by atoms with E-state index in [9.17, 15) is 0 Å². The first kappa shape index (κ1) is 13.1. The lowest BCUT2D eigenvalue weighted by atomic mass is 10.2. The number of benzene rings is 1. The highest BCUT2D eigenvalue weighted by molar-refractivity contribution is 9.10. The maximum atomic E-state index is 5.52. The van der Waals surface area contributed by atoms with Crippen LogP contribution in [-0.2, 0) is 0 Å². The maximum absolute atomic E-state index is 5.52. The molecule has 0 fully saturated rings. The lowest BCUT2D eigenvalue weighted by Crippen LogP contribution is -1.95. The Balaban J connectivity index is 2.12. The van der Waals surface area contributed by atoms with E-state index in [1.165, 1.54) is 0 Å². The normalized spacial score (nSPS) is 10.9. The topological polar surface area (TPSA) is 50.8 Å². The first-order valence-electron chi connectivity index (χ1n) is 6.43. The van der Waals surface area contributed by atoms with Crippen molar-refractivity contribution in [3.05, 3.63) is 40.6 Å². The van der Waals surface area contributed by atoms with Crippen molar-refractivity contribution >= 4 is 27.0 Å². The smallest absolute Gasteiger partial charge is 0.161 e. The molecular formula is C15H14BrN3O. The zero-order valence-corrected chi connectivity index (χ0v) is 12.9. The van der Waals surface area contributed by atoms with Gasteiger partial charge in [-0.3, -0.25) is 0 Å². The summed E-state index contributed by atoms with van der Waals surface area (Å²) in [6, 6.07) is 7.83. The van der Waals surface area contributed by atoms with Gasteiger partial charge in [0, 0.05) is 16.2 Å². The number of rotatable bonds is 3. The highest BCUT2D eigenvalue weighted by Gasteiger charge is 2.11. The number of aryl methyl sites for hydroxylation is 1. The van der Waals surface area contributed by atoms with Crippen molar-refractivity contribution in [3.63, 3.8) is 0 Å². The van der Waals surface area contributed by atoms with Crippen LogP contribution in [0.15, 0.2) is 34.9 Å². The number of halogens is 1. The molecule has 0 saturated carbocycles. The maximum Gasteiger partial charge on any atom is 0.161 e. The molecule has 0 aliphatic rings. The van der Waals surface area contributed by atoms with Gasteiger partial charge < -0.3 is 9.72 Å². The molecule has 0 radical (unpaired) electrons. The van der Waals surface area contributed by atoms with Crippen LogP contribution in [0.2, 0.25) is 0 Å². The molecule has 5 heteroatoms. The minimum atomic E-state index is 0.645. The second kappa shape index (κ2) is 5.25. The van der Waals surface area contributed by atoms with Crippen LogP contribution in [0.4, 0.5) is 0 Å². The number of nitrogens with one attached hydrogen (secondary N) is 1. The van der Waals surface area contributed by atoms with Crippen molar-refractivity contribution in [2.45, 2.75) is 13.8 Å². The van der Waals surface area contributed by atoms with Gasteiger partial charge in [-0.2, -0.15) is 0 Å². The predicted octanol–water partition coefficient (Wildman–Crippen LogP) is 4.09. The van der Waals surface area contributed by atoms with Gasteiger partial charge >= 0.3 is 0 Å². The number of fused-ring (bicyclic) bond motifs is 1. The van der Waals surface area contributed by atoms with Gasteiger partial charge in [0.25, 0.3) is 0 Å². The van der Waals surface area contributed by atoms with Crippen LogP contribution in [0.1, 0.15) is 12.6 Å². The molecule has 0 aliphatic heterocycles. The molecule has 2 heterocycles. The van der Waals surface area contributed by atoms with Gasteiger partial charge in [0.15, 0.2) is 5.82 Å². The van der Waals surface area contributed by atoms with E-state index in [0.29, 0.717) is 12.4 Å². The van der Waals surface area contributed by atoms with E-state index in [1.807, 2.05) is 44.3 Å². The Kier molecular flexibility index (Phi) is 3.44. The minimum Gasteiger partial charge on any atom is -0.494 e. The van der Waals surface area contributed by atoms with Crippen molar-refractivity contribution in [3.8, 4) is 17.1 Å². The summed E-state index contributed by atoms with van der Waals surface area (Å²) in [5.41, 5.74) is 2.73. The minimum absolute atomic E-state index is 0.645. The average Bonchev–Trinajstić information content (AvgIpc) is 2.81. The highest BCUT2D eigenvalue weighted by atomic mass is 79.9. The van der Waals surface area contributed by atoms with Crippen molar-refractivity contribution in [1.29, 1.82) is 0 Å². The van der Waals surface area contributed by atoms with Crippen molar-refractivity contribution in [1.82, 2.24) is 15.0 Å². The number of hydrogen-bond donors (Lipinski definition) is 1. The summed E-state index contributed by atoms with van der Waals surface area (Å²) < 4.78 is 6.50. The zero-order chi connectivity index (χ0) is 14.1. The van der Waals surface area contributed by atoms with E-state index < -0.39 is 0 Å². The average molecular weight is 332 g/mol. The third kappa shape index (κ3) is 2.29. The molecule has 3 rings (SSSR count). The standard InChI is InChI=1S/C15H14BrN3O/c1-3-20-11-6-4-5-10(7-11)14-18-9(2)13-12(16)8-17-15(13)19-14/h4-8H,3H2,1-2H3,(H,17,18,19). The molecule has 1 aromatic carbocycles. The molecular weight excluding hydrogens is 318 g/mol. The fourth-order valence-electron chi connectivity index (χ4n) is 2.19. The van der Waals surface area contributed by atoms with Crippen LogP contribution in [-0.4, -0.2) is 21.6 Å². The lowest BCUT2D eigenvalue weighted by molar-refractivity contribution is 0.340. The van der Waals surface area contributed by atoms with Gasteiger partial charge in [-0.05, 0) is 41.9 Å². The summed E-state index contributed by atoms with van der Waals surface area (Å²) in [7, 11) is 0. The fourth-order valence-corrected chi connectivity index (χ4v) is 2.78. The SMILES string of the molecule is CCOc1cccc(-c2nc(C)c3c(Br)c[nH]c3n2)c1. The van der Waals surface area contributed by atoms with E-state index in [2.05, 4.69) is 30.9 Å². The zero-order valence-electron chi connectivity index (χ0n) is 11.3. The summed E-state index contributed by atoms with van der Waals surface area (Å²) in [6.45, 7) is 4.60. The molecule has 0 bridgehead atoms. The quantitative estimate of drug-likeness (QED) is 0.786. The second-order valence-electron chi connectivity index (χ2n) is 4.45. The van der Waals surface area contributed by atoms with E-state index in [0.717, 1.165) is 32.5 Å². The van der Waals surface area contributed by atoms with Gasteiger partial charge in [-0.15, -0.1) is 0 Å². The molecule has 2 aromatic heterocycles. The first-order chi connectivity index (χ1) is 9.69. The third-order valence-corrected chi connectivity index (χ3v) is 3.69. The molecule has 0 saturated heterocycles. The second-order valence-corrected chi connectivity index (χ2v) is 5.31.